The molecule has 0 heterocycles. The van der Waals surface area contributed by atoms with Crippen molar-refractivity contribution in [3.05, 3.63) is 128 Å². The van der Waals surface area contributed by atoms with Gasteiger partial charge in [0.25, 0.3) is 0 Å². The second-order valence-corrected chi connectivity index (χ2v) is 13.5. The number of carbonyl (C=O) groups excluding carboxylic acids is 2. The summed E-state index contributed by atoms with van der Waals surface area (Å²) >= 11 is 0. The normalized spacial score (nSPS) is 10.9. The molecule has 0 aliphatic rings. The van der Waals surface area contributed by atoms with E-state index in [2.05, 4.69) is 65.8 Å². The Kier molecular flexibility index (Phi) is 15.0. The lowest BCUT2D eigenvalue weighted by Crippen LogP contribution is -2.08. The zero-order valence-electron chi connectivity index (χ0n) is 30.9. The summed E-state index contributed by atoms with van der Waals surface area (Å²) in [6, 6.07) is 24.7. The molecule has 0 aliphatic heterocycles. The molecule has 0 N–H and O–H groups in total. The van der Waals surface area contributed by atoms with Crippen LogP contribution in [-0.2, 0) is 45.1 Å². The maximum atomic E-state index is 12.2. The molecule has 4 aromatic rings. The maximum Gasteiger partial charge on any atom is 0.305 e. The van der Waals surface area contributed by atoms with Gasteiger partial charge in [0.1, 0.15) is 24.7 Å². The fraction of sp³-hybridized carbons (Fsp3) is 0.409. The molecule has 0 unspecified atom stereocenters. The molecule has 6 heteroatoms. The van der Waals surface area contributed by atoms with E-state index in [9.17, 15) is 9.59 Å². The topological polar surface area (TPSA) is 71.1 Å². The molecule has 0 aromatic heterocycles. The summed E-state index contributed by atoms with van der Waals surface area (Å²) in [5.41, 5.74) is 12.2. The van der Waals surface area contributed by atoms with Crippen molar-refractivity contribution in [1.82, 2.24) is 0 Å². The summed E-state index contributed by atoms with van der Waals surface area (Å²) in [7, 11) is 0. The second-order valence-electron chi connectivity index (χ2n) is 13.5. The van der Waals surface area contributed by atoms with Gasteiger partial charge in [-0.3, -0.25) is 9.59 Å². The van der Waals surface area contributed by atoms with E-state index in [4.69, 9.17) is 18.9 Å². The molecule has 0 fully saturated rings. The van der Waals surface area contributed by atoms with Crippen molar-refractivity contribution in [2.75, 3.05) is 13.2 Å². The van der Waals surface area contributed by atoms with E-state index < -0.39 is 0 Å². The molecule has 0 radical (unpaired) electrons. The van der Waals surface area contributed by atoms with Crippen molar-refractivity contribution in [3.8, 4) is 11.5 Å². The lowest BCUT2D eigenvalue weighted by Gasteiger charge is -2.13. The third-order valence-electron chi connectivity index (χ3n) is 9.11. The lowest BCUT2D eigenvalue weighted by atomic mass is 10.0. The first-order valence-corrected chi connectivity index (χ1v) is 18.0. The van der Waals surface area contributed by atoms with Gasteiger partial charge < -0.3 is 18.9 Å². The smallest absolute Gasteiger partial charge is 0.305 e. The van der Waals surface area contributed by atoms with Crippen LogP contribution in [0.5, 0.6) is 11.5 Å². The minimum atomic E-state index is -0.177. The maximum absolute atomic E-state index is 12.2. The highest BCUT2D eigenvalue weighted by Gasteiger charge is 2.09. The van der Waals surface area contributed by atoms with Crippen LogP contribution < -0.4 is 9.47 Å². The van der Waals surface area contributed by atoms with E-state index in [0.29, 0.717) is 52.1 Å². The number of ether oxygens (including phenoxy) is 4. The molecule has 0 saturated carbocycles. The van der Waals surface area contributed by atoms with Gasteiger partial charge in [0.05, 0.1) is 13.2 Å². The Morgan fingerprint density at radius 2 is 0.820 bits per heavy atom. The van der Waals surface area contributed by atoms with Gasteiger partial charge in [-0.1, -0.05) is 72.5 Å². The number of esters is 2. The predicted molar refractivity (Wildman–Crippen MR) is 200 cm³/mol. The van der Waals surface area contributed by atoms with Gasteiger partial charge in [0, 0.05) is 25.7 Å². The van der Waals surface area contributed by atoms with Crippen LogP contribution in [0.2, 0.25) is 0 Å². The number of unbranched alkanes of at least 4 members (excludes halogenated alkanes) is 3. The highest BCUT2D eigenvalue weighted by Crippen LogP contribution is 2.22. The van der Waals surface area contributed by atoms with E-state index in [1.54, 1.807) is 0 Å². The van der Waals surface area contributed by atoms with E-state index >= 15 is 0 Å². The molecule has 6 nitrogen and oxygen atoms in total. The Balaban J connectivity index is 0.995. The SMILES string of the molecule is Cc1cc(C)c(COc2ccc(CCOC(=O)CCCCCCC(=O)OCCc3ccc(OCc4c(C)cc(C)cc4C)cc3)cc2)c(C)c1. The fourth-order valence-corrected chi connectivity index (χ4v) is 6.29. The molecule has 4 rings (SSSR count). The van der Waals surface area contributed by atoms with Crippen LogP contribution in [0.25, 0.3) is 0 Å². The first-order chi connectivity index (χ1) is 24.1. The van der Waals surface area contributed by atoms with Gasteiger partial charge in [-0.15, -0.1) is 0 Å². The Morgan fingerprint density at radius 1 is 0.480 bits per heavy atom. The number of hydrogen-bond donors (Lipinski definition) is 0. The second kappa shape index (κ2) is 19.6. The summed E-state index contributed by atoms with van der Waals surface area (Å²) in [4.78, 5) is 24.4. The van der Waals surface area contributed by atoms with Crippen molar-refractivity contribution in [3.63, 3.8) is 0 Å². The van der Waals surface area contributed by atoms with Gasteiger partial charge in [-0.2, -0.15) is 0 Å². The molecular weight excluding hydrogens is 624 g/mol. The molecule has 0 aliphatic carbocycles. The summed E-state index contributed by atoms with van der Waals surface area (Å²) in [5, 5.41) is 0. The van der Waals surface area contributed by atoms with Crippen LogP contribution in [0.3, 0.4) is 0 Å². The zero-order valence-corrected chi connectivity index (χ0v) is 30.9. The van der Waals surface area contributed by atoms with Crippen LogP contribution in [0.4, 0.5) is 0 Å². The van der Waals surface area contributed by atoms with Gasteiger partial charge in [0.15, 0.2) is 0 Å². The lowest BCUT2D eigenvalue weighted by molar-refractivity contribution is -0.144. The summed E-state index contributed by atoms with van der Waals surface area (Å²) < 4.78 is 22.9. The molecule has 4 aromatic carbocycles. The number of hydrogen-bond acceptors (Lipinski definition) is 6. The standard InChI is InChI=1S/C44H54O6/c1-31-25-33(3)41(34(4)26-31)29-49-39-17-13-37(14-18-39)21-23-47-43(45)11-9-7-8-10-12-44(46)48-24-22-38-15-19-40(20-16-38)50-30-42-35(5)27-32(2)28-36(42)6/h13-20,25-28H,7-12,21-24,29-30H2,1-6H3. The number of carbonyl (C=O) groups is 2. The Labute approximate surface area is 299 Å². The monoisotopic (exact) mass is 678 g/mol. The number of benzene rings is 4. The Bertz CT molecular complexity index is 1510. The highest BCUT2D eigenvalue weighted by atomic mass is 16.5. The molecule has 0 amide bonds. The third kappa shape index (κ3) is 12.7. The van der Waals surface area contributed by atoms with Crippen LogP contribution in [-0.4, -0.2) is 25.2 Å². The number of rotatable bonds is 19. The van der Waals surface area contributed by atoms with Crippen molar-refractivity contribution < 1.29 is 28.5 Å². The van der Waals surface area contributed by atoms with Gasteiger partial charge >= 0.3 is 11.9 Å². The van der Waals surface area contributed by atoms with Crippen LogP contribution in [0, 0.1) is 41.5 Å². The number of aryl methyl sites for hydroxylation is 6. The summed E-state index contributed by atoms with van der Waals surface area (Å²) in [6.07, 6.45) is 5.38. The molecule has 0 bridgehead atoms. The van der Waals surface area contributed by atoms with Crippen LogP contribution >= 0.6 is 0 Å². The van der Waals surface area contributed by atoms with Gasteiger partial charge in [0.2, 0.25) is 0 Å². The van der Waals surface area contributed by atoms with E-state index in [0.717, 1.165) is 48.3 Å². The Morgan fingerprint density at radius 3 is 1.16 bits per heavy atom. The first-order valence-electron chi connectivity index (χ1n) is 18.0. The van der Waals surface area contributed by atoms with Crippen molar-refractivity contribution >= 4 is 11.9 Å². The molecule has 50 heavy (non-hydrogen) atoms. The van der Waals surface area contributed by atoms with Gasteiger partial charge in [-0.05, 0) is 123 Å². The summed E-state index contributed by atoms with van der Waals surface area (Å²) in [6.45, 7) is 14.5. The van der Waals surface area contributed by atoms with E-state index in [1.807, 2.05) is 48.5 Å². The van der Waals surface area contributed by atoms with Crippen molar-refractivity contribution in [2.45, 2.75) is 106 Å². The summed E-state index contributed by atoms with van der Waals surface area (Å²) in [5.74, 6) is 1.30. The highest BCUT2D eigenvalue weighted by molar-refractivity contribution is 5.69. The Hall–Kier alpha value is -4.58. The van der Waals surface area contributed by atoms with Crippen LogP contribution in [0.1, 0.15) is 94.2 Å². The largest absolute Gasteiger partial charge is 0.489 e. The molecule has 0 saturated heterocycles. The molecule has 0 spiro atoms. The van der Waals surface area contributed by atoms with E-state index in [-0.39, 0.29) is 11.9 Å². The zero-order chi connectivity index (χ0) is 35.9. The molecule has 266 valence electrons. The fourth-order valence-electron chi connectivity index (χ4n) is 6.29. The predicted octanol–water partition coefficient (Wildman–Crippen LogP) is 9.91. The quantitative estimate of drug-likeness (QED) is 0.0726. The third-order valence-corrected chi connectivity index (χ3v) is 9.11. The van der Waals surface area contributed by atoms with Gasteiger partial charge in [-0.25, -0.2) is 0 Å². The van der Waals surface area contributed by atoms with Crippen molar-refractivity contribution in [1.29, 1.82) is 0 Å². The van der Waals surface area contributed by atoms with E-state index in [1.165, 1.54) is 44.5 Å². The molecular formula is C44H54O6. The van der Waals surface area contributed by atoms with Crippen molar-refractivity contribution in [2.24, 2.45) is 0 Å². The average Bonchev–Trinajstić information content (AvgIpc) is 3.06. The average molecular weight is 679 g/mol. The molecule has 0 atom stereocenters. The first kappa shape index (κ1) is 38.2. The minimum Gasteiger partial charge on any atom is -0.489 e. The van der Waals surface area contributed by atoms with Crippen LogP contribution in [0.15, 0.2) is 72.8 Å². The minimum absolute atomic E-state index is 0.177.